The number of carbonyl (C=O) groups is 2. The fourth-order valence-corrected chi connectivity index (χ4v) is 3.52. The molecule has 1 fully saturated rings. The van der Waals surface area contributed by atoms with Crippen LogP contribution in [-0.4, -0.2) is 33.2 Å². The maximum Gasteiger partial charge on any atom is 0.313 e. The van der Waals surface area contributed by atoms with Gasteiger partial charge in [-0.25, -0.2) is 0 Å². The predicted molar refractivity (Wildman–Crippen MR) is 104 cm³/mol. The summed E-state index contributed by atoms with van der Waals surface area (Å²) in [6, 6.07) is 5.65. The van der Waals surface area contributed by atoms with Gasteiger partial charge in [0.05, 0.1) is 17.9 Å². The quantitative estimate of drug-likeness (QED) is 0.827. The minimum Gasteiger partial charge on any atom is -0.327 e. The first-order valence-electron chi connectivity index (χ1n) is 9.33. The molecule has 142 valence electrons. The zero-order valence-corrected chi connectivity index (χ0v) is 16.3. The molecule has 0 unspecified atom stereocenters. The van der Waals surface area contributed by atoms with Crippen molar-refractivity contribution in [3.8, 4) is 0 Å². The average Bonchev–Trinajstić information content (AvgIpc) is 2.64. The van der Waals surface area contributed by atoms with Crippen molar-refractivity contribution < 1.29 is 9.59 Å². The lowest BCUT2D eigenvalue weighted by Gasteiger charge is -2.38. The Balaban J connectivity index is 1.80. The summed E-state index contributed by atoms with van der Waals surface area (Å²) in [5, 5.41) is 2.70. The molecule has 0 radical (unpaired) electrons. The van der Waals surface area contributed by atoms with Gasteiger partial charge in [0.15, 0.2) is 0 Å². The van der Waals surface area contributed by atoms with Crippen molar-refractivity contribution in [2.24, 2.45) is 5.92 Å². The molecule has 1 N–H and O–H groups in total. The highest BCUT2D eigenvalue weighted by Crippen LogP contribution is 2.33. The average molecular weight is 366 g/mol. The van der Waals surface area contributed by atoms with Crippen molar-refractivity contribution in [3.63, 3.8) is 0 Å². The normalized spacial score (nSPS) is 19.6. The number of aromatic nitrogens is 2. The number of likely N-dealkylation sites (tertiary alicyclic amines) is 1. The van der Waals surface area contributed by atoms with Gasteiger partial charge >= 0.3 is 11.8 Å². The minimum atomic E-state index is -0.620. The lowest BCUT2D eigenvalue weighted by atomic mass is 9.90. The van der Waals surface area contributed by atoms with Gasteiger partial charge < -0.3 is 10.2 Å². The zero-order chi connectivity index (χ0) is 19.6. The molecule has 3 heterocycles. The summed E-state index contributed by atoms with van der Waals surface area (Å²) in [5.41, 5.74) is 4.35. The van der Waals surface area contributed by atoms with E-state index in [1.807, 2.05) is 39.0 Å². The number of carbonyl (C=O) groups excluding carboxylic acids is 2. The molecular formula is C21H26N4O2. The van der Waals surface area contributed by atoms with Gasteiger partial charge in [0.1, 0.15) is 0 Å². The molecule has 0 aliphatic carbocycles. The highest BCUT2D eigenvalue weighted by molar-refractivity contribution is 6.39. The van der Waals surface area contributed by atoms with Crippen LogP contribution in [0.15, 0.2) is 30.6 Å². The van der Waals surface area contributed by atoms with Crippen LogP contribution in [0.3, 0.4) is 0 Å². The zero-order valence-electron chi connectivity index (χ0n) is 16.3. The van der Waals surface area contributed by atoms with Crippen molar-refractivity contribution in [2.45, 2.75) is 46.6 Å². The standard InChI is InChI=1S/C21H26N4O2/c1-13-5-6-19(17-7-8-22-15(3)10-17)25(12-13)21(27)20(26)24-18-9-14(2)16(4)23-11-18/h7-11,13,19H,5-6,12H2,1-4H3,(H,24,26)/t13-,19+/m0/s1. The Morgan fingerprint density at radius 3 is 2.63 bits per heavy atom. The monoisotopic (exact) mass is 366 g/mol. The Bertz CT molecular complexity index is 865. The third kappa shape index (κ3) is 4.32. The van der Waals surface area contributed by atoms with Crippen LogP contribution in [0.2, 0.25) is 0 Å². The number of nitrogens with zero attached hydrogens (tertiary/aromatic N) is 3. The van der Waals surface area contributed by atoms with Gasteiger partial charge in [-0.3, -0.25) is 19.6 Å². The smallest absolute Gasteiger partial charge is 0.313 e. The Morgan fingerprint density at radius 1 is 1.15 bits per heavy atom. The van der Waals surface area contributed by atoms with Gasteiger partial charge in [-0.2, -0.15) is 0 Å². The van der Waals surface area contributed by atoms with Gasteiger partial charge in [-0.15, -0.1) is 0 Å². The summed E-state index contributed by atoms with van der Waals surface area (Å²) in [5.74, 6) is -0.756. The number of aryl methyl sites for hydroxylation is 3. The van der Waals surface area contributed by atoms with Crippen LogP contribution in [0.4, 0.5) is 5.69 Å². The number of pyridine rings is 2. The molecule has 2 amide bonds. The Hall–Kier alpha value is -2.76. The minimum absolute atomic E-state index is 0.0981. The highest BCUT2D eigenvalue weighted by atomic mass is 16.2. The van der Waals surface area contributed by atoms with E-state index in [1.165, 1.54) is 0 Å². The van der Waals surface area contributed by atoms with Crippen LogP contribution >= 0.6 is 0 Å². The van der Waals surface area contributed by atoms with Crippen molar-refractivity contribution >= 4 is 17.5 Å². The van der Waals surface area contributed by atoms with E-state index >= 15 is 0 Å². The first-order valence-corrected chi connectivity index (χ1v) is 9.33. The molecule has 6 heteroatoms. The second-order valence-electron chi connectivity index (χ2n) is 7.47. The topological polar surface area (TPSA) is 75.2 Å². The summed E-state index contributed by atoms with van der Waals surface area (Å²) < 4.78 is 0. The number of anilines is 1. The lowest BCUT2D eigenvalue weighted by Crippen LogP contribution is -2.46. The maximum atomic E-state index is 12.9. The van der Waals surface area contributed by atoms with Crippen LogP contribution in [0.5, 0.6) is 0 Å². The fourth-order valence-electron chi connectivity index (χ4n) is 3.52. The van der Waals surface area contributed by atoms with E-state index in [9.17, 15) is 9.59 Å². The van der Waals surface area contributed by atoms with Crippen LogP contribution < -0.4 is 5.32 Å². The molecule has 0 aromatic carbocycles. The molecular weight excluding hydrogens is 340 g/mol. The van der Waals surface area contributed by atoms with Crippen LogP contribution in [0, 0.1) is 26.7 Å². The number of hydrogen-bond acceptors (Lipinski definition) is 4. The van der Waals surface area contributed by atoms with E-state index in [2.05, 4.69) is 22.2 Å². The number of amides is 2. The van der Waals surface area contributed by atoms with E-state index in [1.54, 1.807) is 17.3 Å². The Kier molecular flexibility index (Phi) is 5.54. The maximum absolute atomic E-state index is 12.9. The molecule has 6 nitrogen and oxygen atoms in total. The number of nitrogens with one attached hydrogen (secondary N) is 1. The number of hydrogen-bond donors (Lipinski definition) is 1. The van der Waals surface area contributed by atoms with Crippen LogP contribution in [0.1, 0.15) is 48.3 Å². The number of piperidine rings is 1. The summed E-state index contributed by atoms with van der Waals surface area (Å²) in [7, 11) is 0. The van der Waals surface area contributed by atoms with Gasteiger partial charge in [0, 0.05) is 24.1 Å². The molecule has 1 aliphatic rings. The van der Waals surface area contributed by atoms with Gasteiger partial charge in [-0.05, 0) is 68.9 Å². The molecule has 2 aromatic heterocycles. The summed E-state index contributed by atoms with van der Waals surface area (Å²) in [6.07, 6.45) is 5.20. The SMILES string of the molecule is Cc1cc([C@H]2CC[C@H](C)CN2C(=O)C(=O)Nc2cnc(C)c(C)c2)ccn1. The summed E-state index contributed by atoms with van der Waals surface area (Å²) >= 11 is 0. The highest BCUT2D eigenvalue weighted by Gasteiger charge is 2.34. The molecule has 0 saturated carbocycles. The van der Waals surface area contributed by atoms with E-state index in [0.717, 1.165) is 35.4 Å². The molecule has 0 spiro atoms. The van der Waals surface area contributed by atoms with Gasteiger partial charge in [-0.1, -0.05) is 6.92 Å². The lowest BCUT2D eigenvalue weighted by molar-refractivity contribution is -0.146. The van der Waals surface area contributed by atoms with Gasteiger partial charge in [0.2, 0.25) is 0 Å². The van der Waals surface area contributed by atoms with Crippen molar-refractivity contribution in [1.29, 1.82) is 0 Å². The first kappa shape index (κ1) is 19.0. The molecule has 27 heavy (non-hydrogen) atoms. The summed E-state index contributed by atoms with van der Waals surface area (Å²) in [4.78, 5) is 35.7. The predicted octanol–water partition coefficient (Wildman–Crippen LogP) is 3.34. The van der Waals surface area contributed by atoms with Crippen LogP contribution in [0.25, 0.3) is 0 Å². The second kappa shape index (κ2) is 7.86. The van der Waals surface area contributed by atoms with Crippen LogP contribution in [-0.2, 0) is 9.59 Å². The molecule has 2 aromatic rings. The van der Waals surface area contributed by atoms with Crippen molar-refractivity contribution in [2.75, 3.05) is 11.9 Å². The molecule has 3 rings (SSSR count). The third-order valence-electron chi connectivity index (χ3n) is 5.18. The Morgan fingerprint density at radius 2 is 1.93 bits per heavy atom. The molecule has 1 aliphatic heterocycles. The molecule has 1 saturated heterocycles. The summed E-state index contributed by atoms with van der Waals surface area (Å²) in [6.45, 7) is 8.44. The van der Waals surface area contributed by atoms with Crippen molar-refractivity contribution in [3.05, 3.63) is 53.1 Å². The second-order valence-corrected chi connectivity index (χ2v) is 7.47. The fraction of sp³-hybridized carbons (Fsp3) is 0.429. The van der Waals surface area contributed by atoms with E-state index in [4.69, 9.17) is 0 Å². The van der Waals surface area contributed by atoms with Crippen molar-refractivity contribution in [1.82, 2.24) is 14.9 Å². The molecule has 2 atom stereocenters. The van der Waals surface area contributed by atoms with E-state index in [-0.39, 0.29) is 6.04 Å². The largest absolute Gasteiger partial charge is 0.327 e. The first-order chi connectivity index (χ1) is 12.8. The number of rotatable bonds is 2. The molecule has 0 bridgehead atoms. The van der Waals surface area contributed by atoms with E-state index in [0.29, 0.717) is 18.2 Å². The Labute approximate surface area is 160 Å². The third-order valence-corrected chi connectivity index (χ3v) is 5.18. The van der Waals surface area contributed by atoms with Gasteiger partial charge in [0.25, 0.3) is 0 Å². The van der Waals surface area contributed by atoms with E-state index < -0.39 is 11.8 Å².